The molecule has 1 fully saturated rings. The van der Waals surface area contributed by atoms with E-state index in [1.807, 2.05) is 18.2 Å². The smallest absolute Gasteiger partial charge is 0.328 e. The Kier molecular flexibility index (Phi) is 6.75. The number of aromatic nitrogens is 2. The van der Waals surface area contributed by atoms with Gasteiger partial charge in [0.05, 0.1) is 16.9 Å². The molecule has 7 nitrogen and oxygen atoms in total. The first-order valence-electron chi connectivity index (χ1n) is 11.5. The number of benzene rings is 2. The van der Waals surface area contributed by atoms with Crippen LogP contribution < -0.4 is 10.1 Å². The van der Waals surface area contributed by atoms with Crippen molar-refractivity contribution in [3.63, 3.8) is 0 Å². The number of fused-ring (bicyclic) bond motifs is 1. The quantitative estimate of drug-likeness (QED) is 0.378. The van der Waals surface area contributed by atoms with E-state index in [2.05, 4.69) is 10.3 Å². The molecule has 1 unspecified atom stereocenters. The monoisotopic (exact) mass is 504 g/mol. The molecule has 0 aliphatic carbocycles. The first-order valence-corrected chi connectivity index (χ1v) is 12.5. The number of ketones is 1. The first kappa shape index (κ1) is 24.0. The number of nitrogens with one attached hydrogen (secondary N) is 1. The normalized spacial score (nSPS) is 17.3. The van der Waals surface area contributed by atoms with Crippen LogP contribution in [0.4, 0.5) is 9.18 Å². The molecule has 5 rings (SSSR count). The number of Topliss-reactive ketones (excluding diaryl/α,β-unsaturated/α-hetero) is 1. The minimum atomic E-state index is -0.386. The van der Waals surface area contributed by atoms with E-state index in [1.165, 1.54) is 21.6 Å². The van der Waals surface area contributed by atoms with Crippen molar-refractivity contribution in [2.75, 3.05) is 19.8 Å². The minimum Gasteiger partial charge on any atom is -0.489 e. The Balaban J connectivity index is 1.42. The van der Waals surface area contributed by atoms with E-state index >= 15 is 0 Å². The fraction of sp³-hybridized carbons (Fsp3) is 0.222. The summed E-state index contributed by atoms with van der Waals surface area (Å²) in [7, 11) is 3.33. The second-order valence-corrected chi connectivity index (χ2v) is 9.91. The summed E-state index contributed by atoms with van der Waals surface area (Å²) in [6, 6.07) is 14.6. The van der Waals surface area contributed by atoms with Gasteiger partial charge in [0.25, 0.3) is 0 Å². The van der Waals surface area contributed by atoms with Crippen molar-refractivity contribution >= 4 is 34.5 Å². The molecule has 1 aliphatic heterocycles. The number of amides is 1. The lowest BCUT2D eigenvalue weighted by Gasteiger charge is -2.12. The lowest BCUT2D eigenvalue weighted by atomic mass is 10.0. The minimum absolute atomic E-state index is 0.0177. The average Bonchev–Trinajstić information content (AvgIpc) is 3.53. The largest absolute Gasteiger partial charge is 0.489 e. The molecule has 184 valence electrons. The molecule has 3 heterocycles. The number of hydrogen-bond acceptors (Lipinski definition) is 6. The van der Waals surface area contributed by atoms with Gasteiger partial charge in [-0.15, -0.1) is 11.8 Å². The molecule has 2 aromatic heterocycles. The summed E-state index contributed by atoms with van der Waals surface area (Å²) >= 11 is 1.66. The predicted molar refractivity (Wildman–Crippen MR) is 138 cm³/mol. The molecule has 9 heteroatoms. The standard InChI is InChI=1S/C27H25FN4O3S/c1-31(2)27(34)32-14-22(25(33)23-16-36-26(30-23)18-4-3-11-29-13-18)21-10-9-20(12-24(21)32)35-15-17-5-7-19(28)8-6-17/h3-14,23,26,30H,15-16H2,1-2H3/t23-,26?/m0/s1. The van der Waals surface area contributed by atoms with Crippen molar-refractivity contribution in [2.24, 2.45) is 0 Å². The van der Waals surface area contributed by atoms with Crippen molar-refractivity contribution in [1.29, 1.82) is 0 Å². The van der Waals surface area contributed by atoms with Gasteiger partial charge in [0.15, 0.2) is 5.78 Å². The van der Waals surface area contributed by atoms with E-state index in [0.717, 1.165) is 11.1 Å². The Morgan fingerprint density at radius 3 is 2.72 bits per heavy atom. The van der Waals surface area contributed by atoms with Gasteiger partial charge < -0.3 is 9.64 Å². The first-order chi connectivity index (χ1) is 17.4. The van der Waals surface area contributed by atoms with Crippen LogP contribution in [0.3, 0.4) is 0 Å². The summed E-state index contributed by atoms with van der Waals surface area (Å²) in [6.45, 7) is 0.249. The summed E-state index contributed by atoms with van der Waals surface area (Å²) in [5, 5.41) is 4.07. The SMILES string of the molecule is CN(C)C(=O)n1cc(C(=O)[C@@H]2CSC(c3cccnc3)N2)c2ccc(OCc3ccc(F)cc3)cc21. The van der Waals surface area contributed by atoms with E-state index in [-0.39, 0.29) is 35.7 Å². The van der Waals surface area contributed by atoms with Gasteiger partial charge in [0.2, 0.25) is 0 Å². The number of halogens is 1. The van der Waals surface area contributed by atoms with E-state index in [4.69, 9.17) is 4.74 Å². The summed E-state index contributed by atoms with van der Waals surface area (Å²) in [5.41, 5.74) is 2.91. The van der Waals surface area contributed by atoms with E-state index < -0.39 is 0 Å². The van der Waals surface area contributed by atoms with Crippen LogP contribution in [0.1, 0.15) is 26.9 Å². The molecule has 2 aromatic carbocycles. The van der Waals surface area contributed by atoms with Crippen molar-refractivity contribution in [2.45, 2.75) is 18.0 Å². The van der Waals surface area contributed by atoms with E-state index in [0.29, 0.717) is 28.0 Å². The molecule has 1 aliphatic rings. The molecule has 0 bridgehead atoms. The van der Waals surface area contributed by atoms with E-state index in [9.17, 15) is 14.0 Å². The number of thioether (sulfide) groups is 1. The maximum Gasteiger partial charge on any atom is 0.328 e. The fourth-order valence-corrected chi connectivity index (χ4v) is 5.37. The lowest BCUT2D eigenvalue weighted by Crippen LogP contribution is -2.34. The number of rotatable bonds is 6. The maximum absolute atomic E-state index is 13.6. The highest BCUT2D eigenvalue weighted by atomic mass is 32.2. The Hall–Kier alpha value is -3.69. The average molecular weight is 505 g/mol. The van der Waals surface area contributed by atoms with Crippen molar-refractivity contribution in [3.05, 3.63) is 95.7 Å². The third-order valence-electron chi connectivity index (χ3n) is 6.04. The van der Waals surface area contributed by atoms with Crippen LogP contribution in [0.25, 0.3) is 10.9 Å². The molecule has 0 radical (unpaired) electrons. The van der Waals surface area contributed by atoms with Gasteiger partial charge in [0, 0.05) is 55.5 Å². The zero-order valence-electron chi connectivity index (χ0n) is 19.8. The molecular weight excluding hydrogens is 479 g/mol. The van der Waals surface area contributed by atoms with Gasteiger partial charge in [-0.25, -0.2) is 9.18 Å². The van der Waals surface area contributed by atoms with Crippen LogP contribution in [0.2, 0.25) is 0 Å². The topological polar surface area (TPSA) is 76.5 Å². The Morgan fingerprint density at radius 1 is 1.19 bits per heavy atom. The Labute approximate surface area is 212 Å². The van der Waals surface area contributed by atoms with Crippen molar-refractivity contribution < 1.29 is 18.7 Å². The van der Waals surface area contributed by atoms with Crippen LogP contribution in [-0.4, -0.2) is 52.2 Å². The fourth-order valence-electron chi connectivity index (χ4n) is 4.15. The lowest BCUT2D eigenvalue weighted by molar-refractivity contribution is 0.0957. The third kappa shape index (κ3) is 4.84. The third-order valence-corrected chi connectivity index (χ3v) is 7.30. The molecule has 2 atom stereocenters. The van der Waals surface area contributed by atoms with E-state index in [1.54, 1.807) is 68.7 Å². The highest BCUT2D eigenvalue weighted by molar-refractivity contribution is 7.99. The van der Waals surface area contributed by atoms with Gasteiger partial charge in [-0.05, 0) is 41.5 Å². The van der Waals surface area contributed by atoms with Crippen LogP contribution in [0, 0.1) is 5.82 Å². The number of nitrogens with zero attached hydrogens (tertiary/aromatic N) is 3. The molecule has 4 aromatic rings. The summed E-state index contributed by atoms with van der Waals surface area (Å²) in [4.78, 5) is 32.2. The molecule has 0 spiro atoms. The predicted octanol–water partition coefficient (Wildman–Crippen LogP) is 4.87. The highest BCUT2D eigenvalue weighted by Crippen LogP contribution is 2.35. The number of carbonyl (C=O) groups is 2. The molecule has 0 saturated carbocycles. The number of pyridine rings is 1. The number of carbonyl (C=O) groups excluding carboxylic acids is 2. The zero-order valence-corrected chi connectivity index (χ0v) is 20.7. The van der Waals surface area contributed by atoms with Crippen molar-refractivity contribution in [3.8, 4) is 5.75 Å². The van der Waals surface area contributed by atoms with Crippen molar-refractivity contribution in [1.82, 2.24) is 19.8 Å². The molecule has 1 amide bonds. The second kappa shape index (κ2) is 10.1. The van der Waals surface area contributed by atoms with Gasteiger partial charge in [0.1, 0.15) is 18.2 Å². The van der Waals surface area contributed by atoms with Gasteiger partial charge in [-0.1, -0.05) is 18.2 Å². The summed E-state index contributed by atoms with van der Waals surface area (Å²) < 4.78 is 20.6. The van der Waals surface area contributed by atoms with Gasteiger partial charge in [-0.2, -0.15) is 0 Å². The second-order valence-electron chi connectivity index (χ2n) is 8.77. The highest BCUT2D eigenvalue weighted by Gasteiger charge is 2.33. The van der Waals surface area contributed by atoms with Crippen LogP contribution in [0.5, 0.6) is 5.75 Å². The Bertz CT molecular complexity index is 1410. The number of ether oxygens (including phenoxy) is 1. The molecule has 1 saturated heterocycles. The van der Waals surface area contributed by atoms with Crippen LogP contribution in [0.15, 0.2) is 73.2 Å². The number of hydrogen-bond donors (Lipinski definition) is 1. The zero-order chi connectivity index (χ0) is 25.2. The summed E-state index contributed by atoms with van der Waals surface area (Å²) in [5.74, 6) is 0.789. The van der Waals surface area contributed by atoms with Gasteiger partial charge >= 0.3 is 6.03 Å². The summed E-state index contributed by atoms with van der Waals surface area (Å²) in [6.07, 6.45) is 5.13. The molecule has 36 heavy (non-hydrogen) atoms. The Morgan fingerprint density at radius 2 is 2.00 bits per heavy atom. The maximum atomic E-state index is 13.6. The van der Waals surface area contributed by atoms with Crippen LogP contribution >= 0.6 is 11.8 Å². The van der Waals surface area contributed by atoms with Gasteiger partial charge in [-0.3, -0.25) is 19.7 Å². The van der Waals surface area contributed by atoms with Crippen LogP contribution in [-0.2, 0) is 6.61 Å². The molecule has 1 N–H and O–H groups in total. The molecular formula is C27H25FN4O3S.